The van der Waals surface area contributed by atoms with Gasteiger partial charge in [-0.3, -0.25) is 9.69 Å². The van der Waals surface area contributed by atoms with Gasteiger partial charge in [-0.1, -0.05) is 6.07 Å². The van der Waals surface area contributed by atoms with E-state index in [2.05, 4.69) is 20.1 Å². The van der Waals surface area contributed by atoms with Crippen LogP contribution in [0.25, 0.3) is 0 Å². The van der Waals surface area contributed by atoms with Gasteiger partial charge in [0.1, 0.15) is 5.82 Å². The van der Waals surface area contributed by atoms with Gasteiger partial charge in [0.25, 0.3) is 0 Å². The van der Waals surface area contributed by atoms with Crippen molar-refractivity contribution < 1.29 is 17.9 Å². The van der Waals surface area contributed by atoms with Crippen LogP contribution >= 0.6 is 0 Å². The summed E-state index contributed by atoms with van der Waals surface area (Å²) in [6, 6.07) is 11.9. The highest BCUT2D eigenvalue weighted by molar-refractivity contribution is 7.89. The number of sulfonamides is 1. The number of carbonyl (C=O) groups excluding carboxylic acids is 1. The SMILES string of the molecule is CC(C(=O)Nc1ccc(S(=O)(=O)N2CCOCC2)cc1)N1CCN(c2ccccn2)CC1. The molecule has 2 fully saturated rings. The van der Waals surface area contributed by atoms with E-state index in [1.165, 1.54) is 16.4 Å². The molecule has 1 aromatic carbocycles. The average molecular weight is 460 g/mol. The standard InChI is InChI=1S/C22H29N5O4S/c1-18(25-10-12-26(13-11-25)21-4-2-3-9-23-21)22(28)24-19-5-7-20(8-6-19)32(29,30)27-14-16-31-17-15-27/h2-9,18H,10-17H2,1H3,(H,24,28). The molecule has 9 nitrogen and oxygen atoms in total. The zero-order chi connectivity index (χ0) is 22.6. The maximum Gasteiger partial charge on any atom is 0.243 e. The van der Waals surface area contributed by atoms with Crippen LogP contribution in [-0.2, 0) is 19.6 Å². The molecule has 1 aromatic heterocycles. The summed E-state index contributed by atoms with van der Waals surface area (Å²) >= 11 is 0. The molecule has 0 radical (unpaired) electrons. The van der Waals surface area contributed by atoms with E-state index in [-0.39, 0.29) is 16.8 Å². The Morgan fingerprint density at radius 3 is 2.31 bits per heavy atom. The smallest absolute Gasteiger partial charge is 0.243 e. The second-order valence-corrected chi connectivity index (χ2v) is 9.85. The molecule has 2 saturated heterocycles. The van der Waals surface area contributed by atoms with Crippen LogP contribution in [0, 0.1) is 0 Å². The minimum atomic E-state index is -3.55. The first kappa shape index (κ1) is 22.7. The van der Waals surface area contributed by atoms with Crippen molar-refractivity contribution >= 4 is 27.4 Å². The molecule has 32 heavy (non-hydrogen) atoms. The Bertz CT molecular complexity index is 1000. The Morgan fingerprint density at radius 2 is 1.69 bits per heavy atom. The van der Waals surface area contributed by atoms with Crippen LogP contribution in [0.2, 0.25) is 0 Å². The molecule has 1 unspecified atom stereocenters. The number of nitrogens with one attached hydrogen (secondary N) is 1. The fourth-order valence-electron chi connectivity index (χ4n) is 3.94. The van der Waals surface area contributed by atoms with Crippen LogP contribution in [0.1, 0.15) is 6.92 Å². The number of ether oxygens (including phenoxy) is 1. The number of hydrogen-bond acceptors (Lipinski definition) is 7. The van der Waals surface area contributed by atoms with E-state index in [0.29, 0.717) is 32.0 Å². The normalized spacial score (nSPS) is 19.5. The van der Waals surface area contributed by atoms with Crippen molar-refractivity contribution in [2.45, 2.75) is 17.9 Å². The second kappa shape index (κ2) is 9.95. The number of amides is 1. The van der Waals surface area contributed by atoms with Crippen LogP contribution in [-0.4, -0.2) is 87.0 Å². The lowest BCUT2D eigenvalue weighted by atomic mass is 10.2. The summed E-state index contributed by atoms with van der Waals surface area (Å²) < 4.78 is 32.1. The average Bonchev–Trinajstić information content (AvgIpc) is 2.85. The van der Waals surface area contributed by atoms with Gasteiger partial charge in [0.05, 0.1) is 24.2 Å². The van der Waals surface area contributed by atoms with E-state index in [1.807, 2.05) is 25.1 Å². The summed E-state index contributed by atoms with van der Waals surface area (Å²) in [6.45, 7) is 6.55. The van der Waals surface area contributed by atoms with Gasteiger partial charge in [-0.05, 0) is 43.3 Å². The first-order valence-corrected chi connectivity index (χ1v) is 12.3. The zero-order valence-electron chi connectivity index (χ0n) is 18.2. The predicted molar refractivity (Wildman–Crippen MR) is 122 cm³/mol. The number of pyridine rings is 1. The van der Waals surface area contributed by atoms with Gasteiger partial charge in [-0.25, -0.2) is 13.4 Å². The summed E-state index contributed by atoms with van der Waals surface area (Å²) in [5.41, 5.74) is 0.579. The molecule has 0 saturated carbocycles. The fourth-order valence-corrected chi connectivity index (χ4v) is 5.35. The van der Waals surface area contributed by atoms with Crippen molar-refractivity contribution in [2.24, 2.45) is 0 Å². The summed E-state index contributed by atoms with van der Waals surface area (Å²) in [5, 5.41) is 2.91. The van der Waals surface area contributed by atoms with Gasteiger partial charge in [0.15, 0.2) is 0 Å². The molecule has 2 aliphatic rings. The maximum atomic E-state index is 12.8. The Kier molecular flexibility index (Phi) is 7.04. The number of hydrogen-bond donors (Lipinski definition) is 1. The van der Waals surface area contributed by atoms with Crippen LogP contribution < -0.4 is 10.2 Å². The molecule has 2 aromatic rings. The van der Waals surface area contributed by atoms with Crippen molar-refractivity contribution in [3.8, 4) is 0 Å². The molecule has 3 heterocycles. The monoisotopic (exact) mass is 459 g/mol. The lowest BCUT2D eigenvalue weighted by Crippen LogP contribution is -2.53. The molecule has 10 heteroatoms. The molecule has 0 bridgehead atoms. The van der Waals surface area contributed by atoms with E-state index in [9.17, 15) is 13.2 Å². The number of carbonyl (C=O) groups is 1. The van der Waals surface area contributed by atoms with E-state index in [1.54, 1.807) is 18.3 Å². The van der Waals surface area contributed by atoms with Crippen molar-refractivity contribution in [3.63, 3.8) is 0 Å². The van der Waals surface area contributed by atoms with Crippen LogP contribution in [0.15, 0.2) is 53.6 Å². The van der Waals surface area contributed by atoms with Gasteiger partial charge in [-0.15, -0.1) is 0 Å². The highest BCUT2D eigenvalue weighted by Gasteiger charge is 2.28. The quantitative estimate of drug-likeness (QED) is 0.695. The number of piperazine rings is 1. The number of morpholine rings is 1. The molecular formula is C22H29N5O4S. The third kappa shape index (κ3) is 5.09. The number of anilines is 2. The minimum absolute atomic E-state index is 0.111. The van der Waals surface area contributed by atoms with E-state index < -0.39 is 10.0 Å². The Hall–Kier alpha value is -2.53. The van der Waals surface area contributed by atoms with E-state index >= 15 is 0 Å². The Labute approximate surface area is 189 Å². The summed E-state index contributed by atoms with van der Waals surface area (Å²) in [4.78, 5) is 21.7. The summed E-state index contributed by atoms with van der Waals surface area (Å²) in [6.07, 6.45) is 1.79. The van der Waals surface area contributed by atoms with Gasteiger partial charge >= 0.3 is 0 Å². The molecule has 1 atom stereocenters. The lowest BCUT2D eigenvalue weighted by molar-refractivity contribution is -0.120. The van der Waals surface area contributed by atoms with Gasteiger partial charge in [-0.2, -0.15) is 4.31 Å². The predicted octanol–water partition coefficient (Wildman–Crippen LogP) is 1.25. The molecule has 4 rings (SSSR count). The van der Waals surface area contributed by atoms with E-state index in [4.69, 9.17) is 4.74 Å². The maximum absolute atomic E-state index is 12.8. The molecule has 2 aliphatic heterocycles. The number of rotatable bonds is 6. The topological polar surface area (TPSA) is 95.1 Å². The van der Waals surface area contributed by atoms with Gasteiger partial charge in [0.2, 0.25) is 15.9 Å². The first-order valence-electron chi connectivity index (χ1n) is 10.8. The second-order valence-electron chi connectivity index (χ2n) is 7.92. The fraction of sp³-hybridized carbons (Fsp3) is 0.455. The number of benzene rings is 1. The molecule has 0 aliphatic carbocycles. The number of nitrogens with zero attached hydrogens (tertiary/aromatic N) is 4. The third-order valence-corrected chi connectivity index (χ3v) is 7.86. The molecule has 0 spiro atoms. The molecule has 172 valence electrons. The van der Waals surface area contributed by atoms with E-state index in [0.717, 1.165) is 32.0 Å². The largest absolute Gasteiger partial charge is 0.379 e. The van der Waals surface area contributed by atoms with Crippen molar-refractivity contribution in [3.05, 3.63) is 48.7 Å². The third-order valence-electron chi connectivity index (χ3n) is 5.94. The van der Waals surface area contributed by atoms with Crippen molar-refractivity contribution in [1.29, 1.82) is 0 Å². The summed E-state index contributed by atoms with van der Waals surface area (Å²) in [7, 11) is -3.55. The molecule has 1 N–H and O–H groups in total. The first-order chi connectivity index (χ1) is 15.4. The highest BCUT2D eigenvalue weighted by Crippen LogP contribution is 2.20. The van der Waals surface area contributed by atoms with Crippen LogP contribution in [0.4, 0.5) is 11.5 Å². The Morgan fingerprint density at radius 1 is 1.00 bits per heavy atom. The number of aromatic nitrogens is 1. The van der Waals surface area contributed by atoms with Crippen molar-refractivity contribution in [1.82, 2.24) is 14.2 Å². The molecule has 1 amide bonds. The lowest BCUT2D eigenvalue weighted by Gasteiger charge is -2.37. The van der Waals surface area contributed by atoms with Gasteiger partial charge in [0, 0.05) is 51.2 Å². The van der Waals surface area contributed by atoms with Crippen molar-refractivity contribution in [2.75, 3.05) is 62.7 Å². The van der Waals surface area contributed by atoms with Gasteiger partial charge < -0.3 is 15.0 Å². The highest BCUT2D eigenvalue weighted by atomic mass is 32.2. The van der Waals surface area contributed by atoms with Crippen LogP contribution in [0.5, 0.6) is 0 Å². The molecular weight excluding hydrogens is 430 g/mol. The Balaban J connectivity index is 1.32. The van der Waals surface area contributed by atoms with Crippen LogP contribution in [0.3, 0.4) is 0 Å². The summed E-state index contributed by atoms with van der Waals surface area (Å²) in [5.74, 6) is 0.844. The minimum Gasteiger partial charge on any atom is -0.379 e. The zero-order valence-corrected chi connectivity index (χ0v) is 19.0.